The molecular formula is C15H22F2N2O2. The Kier molecular flexibility index (Phi) is 6.55. The fourth-order valence-electron chi connectivity index (χ4n) is 1.82. The van der Waals surface area contributed by atoms with E-state index in [1.54, 1.807) is 0 Å². The molecule has 1 rings (SSSR count). The van der Waals surface area contributed by atoms with Gasteiger partial charge in [-0.05, 0) is 52.4 Å². The van der Waals surface area contributed by atoms with E-state index in [4.69, 9.17) is 5.11 Å². The van der Waals surface area contributed by atoms with Gasteiger partial charge in [-0.3, -0.25) is 0 Å². The summed E-state index contributed by atoms with van der Waals surface area (Å²) in [6.07, 6.45) is 1.69. The zero-order valence-electron chi connectivity index (χ0n) is 12.6. The highest BCUT2D eigenvalue weighted by atomic mass is 19.1. The van der Waals surface area contributed by atoms with Crippen molar-refractivity contribution in [2.45, 2.75) is 32.7 Å². The number of carbonyl (C=O) groups is 1. The first kappa shape index (κ1) is 17.4. The first-order chi connectivity index (χ1) is 9.82. The van der Waals surface area contributed by atoms with E-state index in [1.165, 1.54) is 0 Å². The molecule has 4 nitrogen and oxygen atoms in total. The molecule has 0 aromatic heterocycles. The number of unbranched alkanes of at least 4 members (excludes halogenated alkanes) is 1. The highest BCUT2D eigenvalue weighted by Gasteiger charge is 2.14. The van der Waals surface area contributed by atoms with Crippen LogP contribution in [0.1, 0.15) is 37.0 Å². The van der Waals surface area contributed by atoms with Crippen molar-refractivity contribution in [2.75, 3.05) is 25.5 Å². The number of anilines is 1. The minimum Gasteiger partial charge on any atom is -0.478 e. The minimum atomic E-state index is -1.35. The lowest BCUT2D eigenvalue weighted by Crippen LogP contribution is -2.27. The van der Waals surface area contributed by atoms with Crippen molar-refractivity contribution in [1.82, 2.24) is 4.90 Å². The van der Waals surface area contributed by atoms with Crippen molar-refractivity contribution in [1.29, 1.82) is 0 Å². The van der Waals surface area contributed by atoms with E-state index < -0.39 is 23.2 Å². The second kappa shape index (κ2) is 7.93. The van der Waals surface area contributed by atoms with Crippen molar-refractivity contribution in [3.8, 4) is 0 Å². The summed E-state index contributed by atoms with van der Waals surface area (Å²) < 4.78 is 27.3. The molecule has 0 aliphatic carbocycles. The summed E-state index contributed by atoms with van der Waals surface area (Å²) in [4.78, 5) is 12.9. The van der Waals surface area contributed by atoms with Gasteiger partial charge in [0.1, 0.15) is 17.3 Å². The Balaban J connectivity index is 2.48. The number of hydrogen-bond donors (Lipinski definition) is 2. The van der Waals surface area contributed by atoms with Crippen LogP contribution in [0.15, 0.2) is 12.1 Å². The smallest absolute Gasteiger partial charge is 0.335 e. The summed E-state index contributed by atoms with van der Waals surface area (Å²) >= 11 is 0. The molecule has 0 atom stereocenters. The summed E-state index contributed by atoms with van der Waals surface area (Å²) in [6, 6.07) is 2.11. The van der Waals surface area contributed by atoms with Crippen molar-refractivity contribution in [3.63, 3.8) is 0 Å². The van der Waals surface area contributed by atoms with Crippen molar-refractivity contribution in [2.24, 2.45) is 0 Å². The SMILES string of the molecule is CC(C)N(C)CCCCNc1c(F)cc(C(=O)O)cc1F. The molecule has 0 fully saturated rings. The number of carboxylic acid groups (broad SMARTS) is 1. The number of benzene rings is 1. The fourth-order valence-corrected chi connectivity index (χ4v) is 1.82. The van der Waals surface area contributed by atoms with Crippen molar-refractivity contribution < 1.29 is 18.7 Å². The molecule has 6 heteroatoms. The summed E-state index contributed by atoms with van der Waals surface area (Å²) in [5.41, 5.74) is -0.661. The maximum Gasteiger partial charge on any atom is 0.335 e. The van der Waals surface area contributed by atoms with Gasteiger partial charge in [-0.15, -0.1) is 0 Å². The van der Waals surface area contributed by atoms with Crippen LogP contribution in [0.2, 0.25) is 0 Å². The number of halogens is 2. The Labute approximate surface area is 123 Å². The van der Waals surface area contributed by atoms with E-state index in [0.29, 0.717) is 12.6 Å². The molecule has 0 aliphatic rings. The van der Waals surface area contributed by atoms with Gasteiger partial charge in [-0.1, -0.05) is 0 Å². The van der Waals surface area contributed by atoms with Crippen LogP contribution in [0.25, 0.3) is 0 Å². The van der Waals surface area contributed by atoms with Crippen LogP contribution in [-0.4, -0.2) is 42.2 Å². The highest BCUT2D eigenvalue weighted by Crippen LogP contribution is 2.21. The van der Waals surface area contributed by atoms with E-state index in [0.717, 1.165) is 31.5 Å². The van der Waals surface area contributed by atoms with E-state index in [-0.39, 0.29) is 5.69 Å². The number of hydrogen-bond acceptors (Lipinski definition) is 3. The molecule has 0 spiro atoms. The third-order valence-corrected chi connectivity index (χ3v) is 3.41. The van der Waals surface area contributed by atoms with Crippen LogP contribution >= 0.6 is 0 Å². The molecule has 1 aromatic carbocycles. The highest BCUT2D eigenvalue weighted by molar-refractivity contribution is 5.88. The van der Waals surface area contributed by atoms with Crippen LogP contribution in [0, 0.1) is 11.6 Å². The Morgan fingerprint density at radius 2 is 1.86 bits per heavy atom. The Bertz CT molecular complexity index is 470. The zero-order valence-corrected chi connectivity index (χ0v) is 12.6. The maximum absolute atomic E-state index is 13.6. The average molecular weight is 300 g/mol. The van der Waals surface area contributed by atoms with Crippen molar-refractivity contribution >= 4 is 11.7 Å². The topological polar surface area (TPSA) is 52.6 Å². The van der Waals surface area contributed by atoms with Crippen LogP contribution in [-0.2, 0) is 0 Å². The number of carboxylic acids is 1. The molecule has 0 saturated carbocycles. The summed E-state index contributed by atoms with van der Waals surface area (Å²) in [7, 11) is 2.03. The molecule has 0 unspecified atom stereocenters. The monoisotopic (exact) mass is 300 g/mol. The van der Waals surface area contributed by atoms with E-state index >= 15 is 0 Å². The molecule has 2 N–H and O–H groups in total. The van der Waals surface area contributed by atoms with Gasteiger partial charge in [-0.2, -0.15) is 0 Å². The largest absolute Gasteiger partial charge is 0.478 e. The molecule has 0 heterocycles. The standard InChI is InChI=1S/C15H22F2N2O2/c1-10(2)19(3)7-5-4-6-18-14-12(16)8-11(15(20)21)9-13(14)17/h8-10,18H,4-7H2,1-3H3,(H,20,21). The molecule has 21 heavy (non-hydrogen) atoms. The van der Waals surface area contributed by atoms with Crippen molar-refractivity contribution in [3.05, 3.63) is 29.3 Å². The third kappa shape index (κ3) is 5.30. The second-order valence-electron chi connectivity index (χ2n) is 5.33. The molecule has 0 radical (unpaired) electrons. The fraction of sp³-hybridized carbons (Fsp3) is 0.533. The lowest BCUT2D eigenvalue weighted by Gasteiger charge is -2.20. The van der Waals surface area contributed by atoms with Gasteiger partial charge in [0.2, 0.25) is 0 Å². The Morgan fingerprint density at radius 1 is 1.29 bits per heavy atom. The Morgan fingerprint density at radius 3 is 2.33 bits per heavy atom. The zero-order chi connectivity index (χ0) is 16.0. The third-order valence-electron chi connectivity index (χ3n) is 3.41. The van der Waals surface area contributed by atoms with E-state index in [1.807, 2.05) is 7.05 Å². The second-order valence-corrected chi connectivity index (χ2v) is 5.33. The van der Waals surface area contributed by atoms with Crippen LogP contribution < -0.4 is 5.32 Å². The van der Waals surface area contributed by atoms with Gasteiger partial charge in [0.15, 0.2) is 0 Å². The number of nitrogens with zero attached hydrogens (tertiary/aromatic N) is 1. The maximum atomic E-state index is 13.6. The molecular weight excluding hydrogens is 278 g/mol. The number of nitrogens with one attached hydrogen (secondary N) is 1. The molecule has 118 valence electrons. The lowest BCUT2D eigenvalue weighted by atomic mass is 10.2. The molecule has 1 aromatic rings. The predicted octanol–water partition coefficient (Wildman–Crippen LogP) is 3.20. The average Bonchev–Trinajstić information content (AvgIpc) is 2.40. The van der Waals surface area contributed by atoms with Gasteiger partial charge >= 0.3 is 5.97 Å². The van der Waals surface area contributed by atoms with Crippen LogP contribution in [0.4, 0.5) is 14.5 Å². The van der Waals surface area contributed by atoms with Crippen LogP contribution in [0.3, 0.4) is 0 Å². The minimum absolute atomic E-state index is 0.266. The summed E-state index contributed by atoms with van der Waals surface area (Å²) in [6.45, 7) is 5.56. The van der Waals surface area contributed by atoms with Gasteiger partial charge < -0.3 is 15.3 Å². The molecule has 0 bridgehead atoms. The summed E-state index contributed by atoms with van der Waals surface area (Å²) in [5.74, 6) is -3.12. The lowest BCUT2D eigenvalue weighted by molar-refractivity contribution is 0.0696. The predicted molar refractivity (Wildman–Crippen MR) is 78.8 cm³/mol. The van der Waals surface area contributed by atoms with E-state index in [2.05, 4.69) is 24.1 Å². The number of aromatic carboxylic acids is 1. The Hall–Kier alpha value is -1.69. The summed E-state index contributed by atoms with van der Waals surface area (Å²) in [5, 5.41) is 11.4. The molecule has 0 amide bonds. The number of rotatable bonds is 8. The normalized spacial score (nSPS) is 11.2. The molecule has 0 saturated heterocycles. The molecule has 0 aliphatic heterocycles. The first-order valence-electron chi connectivity index (χ1n) is 6.99. The first-order valence-corrected chi connectivity index (χ1v) is 6.99. The van der Waals surface area contributed by atoms with E-state index in [9.17, 15) is 13.6 Å². The van der Waals surface area contributed by atoms with Gasteiger partial charge in [0, 0.05) is 12.6 Å². The van der Waals surface area contributed by atoms with Gasteiger partial charge in [0.05, 0.1) is 5.56 Å². The van der Waals surface area contributed by atoms with Gasteiger partial charge in [0.25, 0.3) is 0 Å². The van der Waals surface area contributed by atoms with Crippen LogP contribution in [0.5, 0.6) is 0 Å². The quantitative estimate of drug-likeness (QED) is 0.724. The van der Waals surface area contributed by atoms with Gasteiger partial charge in [-0.25, -0.2) is 13.6 Å².